The van der Waals surface area contributed by atoms with E-state index >= 15 is 0 Å². The van der Waals surface area contributed by atoms with E-state index in [9.17, 15) is 9.59 Å². The fourth-order valence-corrected chi connectivity index (χ4v) is 5.55. The molecule has 1 unspecified atom stereocenters. The largest absolute Gasteiger partial charge is 0.496 e. The topological polar surface area (TPSA) is 91.8 Å². The van der Waals surface area contributed by atoms with Gasteiger partial charge in [0, 0.05) is 16.8 Å². The third-order valence-electron chi connectivity index (χ3n) is 8.20. The lowest BCUT2D eigenvalue weighted by Crippen LogP contribution is -2.25. The summed E-state index contributed by atoms with van der Waals surface area (Å²) in [6, 6.07) is 25.5. The smallest absolute Gasteiger partial charge is 0.344 e. The Hall–Kier alpha value is -5.36. The van der Waals surface area contributed by atoms with E-state index in [0.29, 0.717) is 51.1 Å². The van der Waals surface area contributed by atoms with Crippen LogP contribution in [0.3, 0.4) is 0 Å². The SMILES string of the molecule is C=C(C)c1cc(C(=O)c2cc3cc(C)c(OC)cc3c(=O)o2)cc(C)c1OC(CCc1ccc(-c2ccc(C)cc2)cc1)C(=C)N. The van der Waals surface area contributed by atoms with Crippen molar-refractivity contribution in [2.45, 2.75) is 46.6 Å². The standard InChI is InChI=1S/C40H39NO5/c1-23(2)33-20-32(38(42)37-21-31-18-25(4)36(44-7)22-34(31)40(43)46-37)19-26(5)39(33)45-35(27(6)41)17-12-28-10-15-30(16-11-28)29-13-8-24(3)9-14-29/h8-11,13-16,18-22,35H,1,6,12,17,41H2,2-5,7H3. The minimum absolute atomic E-state index is 0.0515. The second kappa shape index (κ2) is 13.3. The van der Waals surface area contributed by atoms with Crippen LogP contribution in [0.1, 0.15) is 57.3 Å². The van der Waals surface area contributed by atoms with Crippen molar-refractivity contribution in [2.75, 3.05) is 7.11 Å². The summed E-state index contributed by atoms with van der Waals surface area (Å²) in [6.07, 6.45) is 0.884. The molecular weight excluding hydrogens is 574 g/mol. The van der Waals surface area contributed by atoms with E-state index in [0.717, 1.165) is 28.7 Å². The van der Waals surface area contributed by atoms with E-state index in [1.807, 2.05) is 26.8 Å². The van der Waals surface area contributed by atoms with E-state index in [1.165, 1.54) is 11.1 Å². The molecule has 234 valence electrons. The van der Waals surface area contributed by atoms with Gasteiger partial charge in [-0.15, -0.1) is 0 Å². The summed E-state index contributed by atoms with van der Waals surface area (Å²) in [5.41, 5.74) is 14.1. The Morgan fingerprint density at radius 1 is 0.891 bits per heavy atom. The maximum absolute atomic E-state index is 13.6. The van der Waals surface area contributed by atoms with E-state index in [1.54, 1.807) is 31.4 Å². The predicted molar refractivity (Wildman–Crippen MR) is 186 cm³/mol. The molecule has 0 saturated carbocycles. The van der Waals surface area contributed by atoms with E-state index < -0.39 is 17.5 Å². The number of methoxy groups -OCH3 is 1. The average Bonchev–Trinajstić information content (AvgIpc) is 3.03. The second-order valence-corrected chi connectivity index (χ2v) is 11.9. The van der Waals surface area contributed by atoms with Crippen LogP contribution in [0.25, 0.3) is 27.5 Å². The molecule has 0 fully saturated rings. The first kappa shape index (κ1) is 32.0. The first-order valence-corrected chi connectivity index (χ1v) is 15.2. The summed E-state index contributed by atoms with van der Waals surface area (Å²) in [6.45, 7) is 15.8. The quantitative estimate of drug-likeness (QED) is 0.150. The summed E-state index contributed by atoms with van der Waals surface area (Å²) in [5.74, 6) is 0.687. The van der Waals surface area contributed by atoms with E-state index in [-0.39, 0.29) is 5.76 Å². The van der Waals surface area contributed by atoms with Crippen molar-refractivity contribution < 1.29 is 18.7 Å². The number of benzene rings is 4. The molecular formula is C40H39NO5. The van der Waals surface area contributed by atoms with Crippen molar-refractivity contribution in [3.05, 3.63) is 147 Å². The molecule has 6 heteroatoms. The van der Waals surface area contributed by atoms with Gasteiger partial charge >= 0.3 is 5.63 Å². The zero-order valence-corrected chi connectivity index (χ0v) is 27.0. The fourth-order valence-electron chi connectivity index (χ4n) is 5.55. The van der Waals surface area contributed by atoms with Crippen molar-refractivity contribution in [3.63, 3.8) is 0 Å². The van der Waals surface area contributed by atoms with Crippen molar-refractivity contribution in [1.29, 1.82) is 0 Å². The average molecular weight is 614 g/mol. The predicted octanol–water partition coefficient (Wildman–Crippen LogP) is 8.51. The summed E-state index contributed by atoms with van der Waals surface area (Å²) in [7, 11) is 1.54. The van der Waals surface area contributed by atoms with Crippen molar-refractivity contribution >= 4 is 22.1 Å². The molecule has 2 N–H and O–H groups in total. The van der Waals surface area contributed by atoms with Crippen LogP contribution in [-0.2, 0) is 6.42 Å². The lowest BCUT2D eigenvalue weighted by atomic mass is 9.96. The van der Waals surface area contributed by atoms with Crippen molar-refractivity contribution in [2.24, 2.45) is 5.73 Å². The Balaban J connectivity index is 1.38. The minimum atomic E-state index is -0.606. The van der Waals surface area contributed by atoms with Crippen LogP contribution in [0.2, 0.25) is 0 Å². The first-order chi connectivity index (χ1) is 21.9. The number of ether oxygens (including phenoxy) is 2. The van der Waals surface area contributed by atoms with Gasteiger partial charge in [0.25, 0.3) is 0 Å². The van der Waals surface area contributed by atoms with Crippen LogP contribution in [0.15, 0.2) is 107 Å². The maximum Gasteiger partial charge on any atom is 0.344 e. The van der Waals surface area contributed by atoms with Gasteiger partial charge in [-0.3, -0.25) is 4.79 Å². The molecule has 0 bridgehead atoms. The van der Waals surface area contributed by atoms with Gasteiger partial charge in [-0.2, -0.15) is 0 Å². The summed E-state index contributed by atoms with van der Waals surface area (Å²) in [4.78, 5) is 26.5. The zero-order chi connectivity index (χ0) is 33.1. The molecule has 0 amide bonds. The van der Waals surface area contributed by atoms with Gasteiger partial charge in [0.2, 0.25) is 5.78 Å². The van der Waals surface area contributed by atoms with Gasteiger partial charge in [0.15, 0.2) is 5.76 Å². The molecule has 0 aliphatic carbocycles. The molecule has 1 atom stereocenters. The number of fused-ring (bicyclic) bond motifs is 1. The van der Waals surface area contributed by atoms with E-state index in [4.69, 9.17) is 19.6 Å². The van der Waals surface area contributed by atoms with Crippen molar-refractivity contribution in [3.8, 4) is 22.6 Å². The van der Waals surface area contributed by atoms with Gasteiger partial charge in [0.1, 0.15) is 17.6 Å². The minimum Gasteiger partial charge on any atom is -0.496 e. The van der Waals surface area contributed by atoms with Crippen LogP contribution in [0.4, 0.5) is 0 Å². The fraction of sp³-hybridized carbons (Fsp3) is 0.200. The maximum atomic E-state index is 13.6. The van der Waals surface area contributed by atoms with Gasteiger partial charge in [0.05, 0.1) is 12.5 Å². The van der Waals surface area contributed by atoms with Gasteiger partial charge in [-0.25, -0.2) is 4.79 Å². The molecule has 5 rings (SSSR count). The molecule has 0 spiro atoms. The highest BCUT2D eigenvalue weighted by Gasteiger charge is 2.22. The molecule has 46 heavy (non-hydrogen) atoms. The lowest BCUT2D eigenvalue weighted by molar-refractivity contribution is 0.100. The number of hydrogen-bond acceptors (Lipinski definition) is 6. The molecule has 4 aromatic carbocycles. The van der Waals surface area contributed by atoms with Gasteiger partial charge in [-0.1, -0.05) is 67.3 Å². The normalized spacial score (nSPS) is 11.7. The molecule has 1 aromatic heterocycles. The Labute approximate surface area is 269 Å². The molecule has 1 heterocycles. The number of carbonyl (C=O) groups is 1. The van der Waals surface area contributed by atoms with Crippen LogP contribution in [0.5, 0.6) is 11.5 Å². The highest BCUT2D eigenvalue weighted by Crippen LogP contribution is 2.34. The lowest BCUT2D eigenvalue weighted by Gasteiger charge is -2.23. The number of nitrogens with two attached hydrogens (primary N) is 1. The number of allylic oxidation sites excluding steroid dienone is 1. The van der Waals surface area contributed by atoms with Crippen LogP contribution in [-0.4, -0.2) is 19.0 Å². The number of aryl methyl sites for hydroxylation is 4. The number of rotatable bonds is 11. The molecule has 5 aromatic rings. The highest BCUT2D eigenvalue weighted by atomic mass is 16.5. The Morgan fingerprint density at radius 3 is 2.15 bits per heavy atom. The second-order valence-electron chi connectivity index (χ2n) is 11.9. The summed E-state index contributed by atoms with van der Waals surface area (Å²) >= 11 is 0. The number of ketones is 1. The third kappa shape index (κ3) is 6.81. The Morgan fingerprint density at radius 2 is 1.54 bits per heavy atom. The van der Waals surface area contributed by atoms with Crippen molar-refractivity contribution in [1.82, 2.24) is 0 Å². The van der Waals surface area contributed by atoms with Crippen LogP contribution in [0, 0.1) is 20.8 Å². The number of carbonyl (C=O) groups excluding carboxylic acids is 1. The molecule has 0 saturated heterocycles. The van der Waals surface area contributed by atoms with Gasteiger partial charge < -0.3 is 19.6 Å². The molecule has 0 aliphatic heterocycles. The van der Waals surface area contributed by atoms with Gasteiger partial charge in [-0.05, 0) is 110 Å². The summed E-state index contributed by atoms with van der Waals surface area (Å²) < 4.78 is 17.3. The Kier molecular flexibility index (Phi) is 9.28. The van der Waals surface area contributed by atoms with E-state index in [2.05, 4.69) is 68.6 Å². The Bertz CT molecular complexity index is 2020. The summed E-state index contributed by atoms with van der Waals surface area (Å²) in [5, 5.41) is 0.945. The number of hydrogen-bond donors (Lipinski definition) is 1. The third-order valence-corrected chi connectivity index (χ3v) is 8.20. The highest BCUT2D eigenvalue weighted by molar-refractivity contribution is 6.09. The first-order valence-electron chi connectivity index (χ1n) is 15.2. The van der Waals surface area contributed by atoms with Crippen LogP contribution >= 0.6 is 0 Å². The van der Waals surface area contributed by atoms with Crippen LogP contribution < -0.4 is 20.8 Å². The zero-order valence-electron chi connectivity index (χ0n) is 27.0. The molecule has 0 aliphatic rings. The monoisotopic (exact) mass is 613 g/mol. The molecule has 0 radical (unpaired) electrons. The molecule has 6 nitrogen and oxygen atoms in total.